The zero-order valence-corrected chi connectivity index (χ0v) is 15.5. The number of nitrogens with zero attached hydrogens (tertiary/aromatic N) is 2. The van der Waals surface area contributed by atoms with Crippen LogP contribution >= 0.6 is 0 Å². The smallest absolute Gasteiger partial charge is 0.407 e. The summed E-state index contributed by atoms with van der Waals surface area (Å²) in [5.74, 6) is 0.737. The first-order chi connectivity index (χ1) is 11.7. The molecule has 8 heteroatoms. The predicted octanol–water partition coefficient (Wildman–Crippen LogP) is 1.98. The number of fused-ring (bicyclic) bond motifs is 1. The second-order valence-electron chi connectivity index (χ2n) is 7.37. The van der Waals surface area contributed by atoms with Crippen molar-refractivity contribution in [2.45, 2.75) is 37.7 Å². The Morgan fingerprint density at radius 2 is 2.08 bits per heavy atom. The highest BCUT2D eigenvalue weighted by molar-refractivity contribution is 7.90. The van der Waals surface area contributed by atoms with Crippen LogP contribution in [-0.2, 0) is 14.8 Å². The SMILES string of the molecule is CC(C)(C)OC(=O)NCC1CCN(C2=NS(=O)(=O)c3ccccc32)C1. The average Bonchev–Trinajstić information content (AvgIpc) is 3.07. The summed E-state index contributed by atoms with van der Waals surface area (Å²) in [6.45, 7) is 7.31. The normalized spacial score (nSPS) is 21.6. The van der Waals surface area contributed by atoms with E-state index in [0.29, 0.717) is 31.0 Å². The maximum atomic E-state index is 12.2. The van der Waals surface area contributed by atoms with Gasteiger partial charge in [0.2, 0.25) is 0 Å². The molecule has 0 radical (unpaired) electrons. The van der Waals surface area contributed by atoms with Gasteiger partial charge in [-0.1, -0.05) is 12.1 Å². The summed E-state index contributed by atoms with van der Waals surface area (Å²) in [4.78, 5) is 14.0. The molecule has 1 fully saturated rings. The first kappa shape index (κ1) is 17.7. The number of amidine groups is 1. The van der Waals surface area contributed by atoms with Gasteiger partial charge in [0.15, 0.2) is 5.84 Å². The van der Waals surface area contributed by atoms with Gasteiger partial charge < -0.3 is 15.0 Å². The molecule has 1 aromatic carbocycles. The van der Waals surface area contributed by atoms with Gasteiger partial charge in [0.05, 0.1) is 0 Å². The van der Waals surface area contributed by atoms with Crippen molar-refractivity contribution in [2.75, 3.05) is 19.6 Å². The molecule has 1 amide bonds. The van der Waals surface area contributed by atoms with Crippen LogP contribution in [0.5, 0.6) is 0 Å². The third-order valence-electron chi connectivity index (χ3n) is 4.13. The molecular weight excluding hydrogens is 342 g/mol. The Kier molecular flexibility index (Phi) is 4.49. The largest absolute Gasteiger partial charge is 0.444 e. The minimum Gasteiger partial charge on any atom is -0.444 e. The lowest BCUT2D eigenvalue weighted by molar-refractivity contribution is 0.0520. The lowest BCUT2D eigenvalue weighted by Gasteiger charge is -2.21. The van der Waals surface area contributed by atoms with Gasteiger partial charge in [-0.3, -0.25) is 0 Å². The Hall–Kier alpha value is -2.09. The van der Waals surface area contributed by atoms with Gasteiger partial charge in [-0.2, -0.15) is 8.42 Å². The van der Waals surface area contributed by atoms with Gasteiger partial charge >= 0.3 is 6.09 Å². The summed E-state index contributed by atoms with van der Waals surface area (Å²) in [7, 11) is -3.60. The molecule has 25 heavy (non-hydrogen) atoms. The van der Waals surface area contributed by atoms with E-state index in [1.54, 1.807) is 18.2 Å². The number of rotatable bonds is 2. The van der Waals surface area contributed by atoms with Crippen LogP contribution in [0.25, 0.3) is 0 Å². The van der Waals surface area contributed by atoms with E-state index < -0.39 is 21.7 Å². The summed E-state index contributed by atoms with van der Waals surface area (Å²) in [5.41, 5.74) is 0.130. The number of carbonyl (C=O) groups is 1. The lowest BCUT2D eigenvalue weighted by atomic mass is 10.1. The Morgan fingerprint density at radius 1 is 1.36 bits per heavy atom. The summed E-state index contributed by atoms with van der Waals surface area (Å²) < 4.78 is 33.5. The Labute approximate surface area is 148 Å². The molecule has 0 aliphatic carbocycles. The van der Waals surface area contributed by atoms with Crippen molar-refractivity contribution < 1.29 is 17.9 Å². The van der Waals surface area contributed by atoms with E-state index in [-0.39, 0.29) is 10.8 Å². The van der Waals surface area contributed by atoms with E-state index in [9.17, 15) is 13.2 Å². The predicted molar refractivity (Wildman–Crippen MR) is 94.1 cm³/mol. The first-order valence-electron chi connectivity index (χ1n) is 8.32. The maximum Gasteiger partial charge on any atom is 0.407 e. The molecule has 0 spiro atoms. The summed E-state index contributed by atoms with van der Waals surface area (Å²) in [6, 6.07) is 6.88. The fourth-order valence-electron chi connectivity index (χ4n) is 3.05. The zero-order chi connectivity index (χ0) is 18.2. The third kappa shape index (κ3) is 3.95. The van der Waals surface area contributed by atoms with Crippen LogP contribution in [0.3, 0.4) is 0 Å². The minimum absolute atomic E-state index is 0.227. The van der Waals surface area contributed by atoms with E-state index in [2.05, 4.69) is 9.71 Å². The van der Waals surface area contributed by atoms with Crippen LogP contribution in [0.4, 0.5) is 4.79 Å². The Balaban J connectivity index is 1.62. The molecule has 1 unspecified atom stereocenters. The number of carbonyl (C=O) groups excluding carboxylic acids is 1. The standard InChI is InChI=1S/C17H23N3O4S/c1-17(2,3)24-16(21)18-10-12-8-9-20(11-12)15-13-6-4-5-7-14(13)25(22,23)19-15/h4-7,12H,8-11H2,1-3H3,(H,18,21). The molecule has 2 aliphatic rings. The van der Waals surface area contributed by atoms with Crippen molar-refractivity contribution in [1.82, 2.24) is 10.2 Å². The third-order valence-corrected chi connectivity index (χ3v) is 5.46. The van der Waals surface area contributed by atoms with E-state index >= 15 is 0 Å². The molecule has 1 aromatic rings. The van der Waals surface area contributed by atoms with Crippen molar-refractivity contribution in [2.24, 2.45) is 10.3 Å². The maximum absolute atomic E-state index is 12.2. The monoisotopic (exact) mass is 365 g/mol. The van der Waals surface area contributed by atoms with E-state index in [1.807, 2.05) is 31.7 Å². The Morgan fingerprint density at radius 3 is 2.80 bits per heavy atom. The molecule has 0 aromatic heterocycles. The van der Waals surface area contributed by atoms with Gasteiger partial charge in [0.25, 0.3) is 10.0 Å². The van der Waals surface area contributed by atoms with Crippen molar-refractivity contribution in [3.8, 4) is 0 Å². The van der Waals surface area contributed by atoms with Gasteiger partial charge in [-0.25, -0.2) is 4.79 Å². The van der Waals surface area contributed by atoms with Crippen LogP contribution < -0.4 is 5.32 Å². The highest BCUT2D eigenvalue weighted by Crippen LogP contribution is 2.29. The van der Waals surface area contributed by atoms with Crippen LogP contribution in [0.15, 0.2) is 33.6 Å². The molecule has 2 heterocycles. The first-order valence-corrected chi connectivity index (χ1v) is 9.76. The molecule has 7 nitrogen and oxygen atoms in total. The number of ether oxygens (including phenoxy) is 1. The molecule has 1 N–H and O–H groups in total. The highest BCUT2D eigenvalue weighted by Gasteiger charge is 2.34. The number of nitrogens with one attached hydrogen (secondary N) is 1. The van der Waals surface area contributed by atoms with Crippen molar-refractivity contribution in [3.63, 3.8) is 0 Å². The van der Waals surface area contributed by atoms with E-state index in [4.69, 9.17) is 4.74 Å². The van der Waals surface area contributed by atoms with Crippen molar-refractivity contribution in [3.05, 3.63) is 29.8 Å². The van der Waals surface area contributed by atoms with Crippen molar-refractivity contribution >= 4 is 22.0 Å². The van der Waals surface area contributed by atoms with Crippen LogP contribution in [-0.4, -0.2) is 50.5 Å². The minimum atomic E-state index is -3.60. The molecule has 1 atom stereocenters. The van der Waals surface area contributed by atoms with Gasteiger partial charge in [-0.15, -0.1) is 4.40 Å². The fourth-order valence-corrected chi connectivity index (χ4v) is 4.28. The summed E-state index contributed by atoms with van der Waals surface area (Å²) in [6.07, 6.45) is 0.425. The number of likely N-dealkylation sites (tertiary alicyclic amines) is 1. The van der Waals surface area contributed by atoms with E-state index in [0.717, 1.165) is 6.42 Å². The number of hydrogen-bond donors (Lipinski definition) is 1. The van der Waals surface area contributed by atoms with Gasteiger partial charge in [0, 0.05) is 25.2 Å². The van der Waals surface area contributed by atoms with Gasteiger partial charge in [0.1, 0.15) is 10.5 Å². The number of sulfonamides is 1. The van der Waals surface area contributed by atoms with Crippen LogP contribution in [0.2, 0.25) is 0 Å². The number of alkyl carbamates (subject to hydrolysis) is 1. The molecule has 136 valence electrons. The fraction of sp³-hybridized carbons (Fsp3) is 0.529. The highest BCUT2D eigenvalue weighted by atomic mass is 32.2. The second-order valence-corrected chi connectivity index (χ2v) is 8.94. The van der Waals surface area contributed by atoms with Crippen LogP contribution in [0.1, 0.15) is 32.8 Å². The topological polar surface area (TPSA) is 88.1 Å². The zero-order valence-electron chi connectivity index (χ0n) is 14.7. The van der Waals surface area contributed by atoms with Crippen LogP contribution in [0, 0.1) is 5.92 Å². The molecular formula is C17H23N3O4S. The summed E-state index contributed by atoms with van der Waals surface area (Å²) >= 11 is 0. The van der Waals surface area contributed by atoms with Gasteiger partial charge in [-0.05, 0) is 45.2 Å². The lowest BCUT2D eigenvalue weighted by Crippen LogP contribution is -2.36. The second kappa shape index (κ2) is 6.33. The number of amides is 1. The average molecular weight is 365 g/mol. The van der Waals surface area contributed by atoms with E-state index in [1.165, 1.54) is 0 Å². The number of hydrogen-bond acceptors (Lipinski definition) is 5. The molecule has 1 saturated heterocycles. The summed E-state index contributed by atoms with van der Waals surface area (Å²) in [5, 5.41) is 2.78. The van der Waals surface area contributed by atoms with Crippen molar-refractivity contribution in [1.29, 1.82) is 0 Å². The number of benzene rings is 1. The quantitative estimate of drug-likeness (QED) is 0.866. The Bertz CT molecular complexity index is 811. The molecule has 3 rings (SSSR count). The molecule has 0 saturated carbocycles. The molecule has 2 aliphatic heterocycles. The molecule has 0 bridgehead atoms.